The maximum absolute atomic E-state index is 6.10. The fourth-order valence-corrected chi connectivity index (χ4v) is 2.69. The molecule has 3 aromatic rings. The molecule has 0 bridgehead atoms. The summed E-state index contributed by atoms with van der Waals surface area (Å²) < 4.78 is 2.15. The van der Waals surface area contributed by atoms with Crippen molar-refractivity contribution in [1.82, 2.24) is 14.9 Å². The lowest BCUT2D eigenvalue weighted by Gasteiger charge is -2.08. The van der Waals surface area contributed by atoms with E-state index in [4.69, 9.17) is 16.6 Å². The van der Waals surface area contributed by atoms with Crippen LogP contribution < -0.4 is 5.32 Å². The Morgan fingerprint density at radius 1 is 1.14 bits per heavy atom. The SMILES string of the molecule is C=CCn1c(CNCc2ccccc2)nc2ccc(Cl)cc21. The summed E-state index contributed by atoms with van der Waals surface area (Å²) in [6.45, 7) is 6.07. The van der Waals surface area contributed by atoms with Crippen molar-refractivity contribution in [3.8, 4) is 0 Å². The maximum Gasteiger partial charge on any atom is 0.124 e. The Kier molecular flexibility index (Phi) is 4.56. The molecule has 0 spiro atoms. The van der Waals surface area contributed by atoms with Gasteiger partial charge in [0, 0.05) is 18.1 Å². The number of hydrogen-bond acceptors (Lipinski definition) is 2. The quantitative estimate of drug-likeness (QED) is 0.693. The largest absolute Gasteiger partial charge is 0.323 e. The van der Waals surface area contributed by atoms with Crippen molar-refractivity contribution in [2.45, 2.75) is 19.6 Å². The van der Waals surface area contributed by atoms with E-state index in [0.29, 0.717) is 6.54 Å². The Morgan fingerprint density at radius 3 is 2.73 bits per heavy atom. The zero-order valence-electron chi connectivity index (χ0n) is 12.3. The Hall–Kier alpha value is -2.10. The molecule has 1 aromatic heterocycles. The van der Waals surface area contributed by atoms with Crippen LogP contribution in [0.4, 0.5) is 0 Å². The molecule has 0 amide bonds. The van der Waals surface area contributed by atoms with Gasteiger partial charge in [-0.05, 0) is 23.8 Å². The lowest BCUT2D eigenvalue weighted by Crippen LogP contribution is -2.16. The summed E-state index contributed by atoms with van der Waals surface area (Å²) in [7, 11) is 0. The standard InChI is InChI=1S/C18H18ClN3/c1-2-10-22-17-11-15(19)8-9-16(17)21-18(22)13-20-12-14-6-4-3-5-7-14/h2-9,11,20H,1,10,12-13H2. The molecular weight excluding hydrogens is 294 g/mol. The first kappa shape index (κ1) is 14.8. The van der Waals surface area contributed by atoms with E-state index in [0.717, 1.165) is 35.0 Å². The molecule has 0 fully saturated rings. The van der Waals surface area contributed by atoms with Gasteiger partial charge in [0.05, 0.1) is 17.6 Å². The van der Waals surface area contributed by atoms with Crippen LogP contribution in [-0.2, 0) is 19.6 Å². The van der Waals surface area contributed by atoms with Crippen molar-refractivity contribution in [2.24, 2.45) is 0 Å². The number of fused-ring (bicyclic) bond motifs is 1. The number of benzene rings is 2. The van der Waals surface area contributed by atoms with E-state index in [2.05, 4.69) is 28.6 Å². The van der Waals surface area contributed by atoms with Gasteiger partial charge in [0.2, 0.25) is 0 Å². The number of halogens is 1. The van der Waals surface area contributed by atoms with E-state index in [1.54, 1.807) is 0 Å². The average molecular weight is 312 g/mol. The summed E-state index contributed by atoms with van der Waals surface area (Å²) in [6.07, 6.45) is 1.88. The second-order valence-electron chi connectivity index (χ2n) is 5.15. The van der Waals surface area contributed by atoms with Gasteiger partial charge in [0.1, 0.15) is 5.82 Å². The van der Waals surface area contributed by atoms with Crippen LogP contribution >= 0.6 is 11.6 Å². The second-order valence-corrected chi connectivity index (χ2v) is 5.59. The fourth-order valence-electron chi connectivity index (χ4n) is 2.53. The minimum atomic E-state index is 0.703. The molecule has 2 aromatic carbocycles. The highest BCUT2D eigenvalue weighted by atomic mass is 35.5. The minimum absolute atomic E-state index is 0.703. The molecule has 4 heteroatoms. The number of rotatable bonds is 6. The number of aromatic nitrogens is 2. The molecule has 0 radical (unpaired) electrons. The first-order chi connectivity index (χ1) is 10.8. The van der Waals surface area contributed by atoms with Crippen molar-refractivity contribution in [2.75, 3.05) is 0 Å². The van der Waals surface area contributed by atoms with Crippen LogP contribution in [0.25, 0.3) is 11.0 Å². The van der Waals surface area contributed by atoms with Crippen LogP contribution in [0.3, 0.4) is 0 Å². The van der Waals surface area contributed by atoms with Crippen LogP contribution in [0.15, 0.2) is 61.2 Å². The molecule has 1 heterocycles. The lowest BCUT2D eigenvalue weighted by molar-refractivity contribution is 0.632. The Balaban J connectivity index is 1.80. The summed E-state index contributed by atoms with van der Waals surface area (Å²) in [6, 6.07) is 16.1. The predicted molar refractivity (Wildman–Crippen MR) is 91.9 cm³/mol. The Labute approximate surface area is 135 Å². The third-order valence-corrected chi connectivity index (χ3v) is 3.79. The number of allylic oxidation sites excluding steroid dienone is 1. The van der Waals surface area contributed by atoms with Gasteiger partial charge >= 0.3 is 0 Å². The van der Waals surface area contributed by atoms with Crippen molar-refractivity contribution >= 4 is 22.6 Å². The minimum Gasteiger partial charge on any atom is -0.323 e. The van der Waals surface area contributed by atoms with Crippen molar-refractivity contribution < 1.29 is 0 Å². The van der Waals surface area contributed by atoms with E-state index in [9.17, 15) is 0 Å². The van der Waals surface area contributed by atoms with Crippen LogP contribution in [0.2, 0.25) is 5.02 Å². The van der Waals surface area contributed by atoms with Gasteiger partial charge < -0.3 is 9.88 Å². The molecule has 0 aliphatic heterocycles. The molecule has 0 saturated carbocycles. The Bertz CT molecular complexity index is 778. The normalized spacial score (nSPS) is 11.0. The molecular formula is C18H18ClN3. The molecule has 0 saturated heterocycles. The van der Waals surface area contributed by atoms with Gasteiger partial charge in [-0.1, -0.05) is 48.0 Å². The second kappa shape index (κ2) is 6.77. The molecule has 0 atom stereocenters. The van der Waals surface area contributed by atoms with Crippen LogP contribution in [0, 0.1) is 0 Å². The molecule has 1 N–H and O–H groups in total. The summed E-state index contributed by atoms with van der Waals surface area (Å²) in [5.74, 6) is 0.994. The van der Waals surface area contributed by atoms with Crippen molar-refractivity contribution in [3.63, 3.8) is 0 Å². The van der Waals surface area contributed by atoms with Crippen molar-refractivity contribution in [3.05, 3.63) is 77.6 Å². The topological polar surface area (TPSA) is 29.9 Å². The van der Waals surface area contributed by atoms with E-state index >= 15 is 0 Å². The summed E-state index contributed by atoms with van der Waals surface area (Å²) >= 11 is 6.10. The van der Waals surface area contributed by atoms with E-state index in [1.807, 2.05) is 42.5 Å². The third-order valence-electron chi connectivity index (χ3n) is 3.56. The smallest absolute Gasteiger partial charge is 0.124 e. The molecule has 0 aliphatic rings. The van der Waals surface area contributed by atoms with E-state index in [-0.39, 0.29) is 0 Å². The average Bonchev–Trinajstić information content (AvgIpc) is 2.86. The third kappa shape index (κ3) is 3.21. The molecule has 0 aliphatic carbocycles. The van der Waals surface area contributed by atoms with Gasteiger partial charge in [-0.25, -0.2) is 4.98 Å². The molecule has 3 nitrogen and oxygen atoms in total. The first-order valence-corrected chi connectivity index (χ1v) is 7.66. The zero-order chi connectivity index (χ0) is 15.4. The van der Waals surface area contributed by atoms with Crippen LogP contribution in [0.5, 0.6) is 0 Å². The zero-order valence-corrected chi connectivity index (χ0v) is 13.1. The fraction of sp³-hybridized carbons (Fsp3) is 0.167. The summed E-state index contributed by atoms with van der Waals surface area (Å²) in [5.41, 5.74) is 3.27. The van der Waals surface area contributed by atoms with Gasteiger partial charge in [-0.3, -0.25) is 0 Å². The summed E-state index contributed by atoms with van der Waals surface area (Å²) in [5, 5.41) is 4.17. The number of hydrogen-bond donors (Lipinski definition) is 1. The first-order valence-electron chi connectivity index (χ1n) is 7.28. The van der Waals surface area contributed by atoms with Crippen molar-refractivity contribution in [1.29, 1.82) is 0 Å². The van der Waals surface area contributed by atoms with E-state index < -0.39 is 0 Å². The van der Waals surface area contributed by atoms with Gasteiger partial charge in [0.15, 0.2) is 0 Å². The van der Waals surface area contributed by atoms with Gasteiger partial charge in [-0.2, -0.15) is 0 Å². The van der Waals surface area contributed by atoms with Crippen LogP contribution in [0.1, 0.15) is 11.4 Å². The Morgan fingerprint density at radius 2 is 1.95 bits per heavy atom. The molecule has 3 rings (SSSR count). The highest BCUT2D eigenvalue weighted by molar-refractivity contribution is 6.31. The lowest BCUT2D eigenvalue weighted by atomic mass is 10.2. The molecule has 112 valence electrons. The highest BCUT2D eigenvalue weighted by Crippen LogP contribution is 2.21. The van der Waals surface area contributed by atoms with Gasteiger partial charge in [0.25, 0.3) is 0 Å². The highest BCUT2D eigenvalue weighted by Gasteiger charge is 2.09. The number of nitrogens with one attached hydrogen (secondary N) is 1. The number of nitrogens with zero attached hydrogens (tertiary/aromatic N) is 2. The molecule has 0 unspecified atom stereocenters. The van der Waals surface area contributed by atoms with Gasteiger partial charge in [-0.15, -0.1) is 6.58 Å². The number of imidazole rings is 1. The predicted octanol–water partition coefficient (Wildman–Crippen LogP) is 4.17. The maximum atomic E-state index is 6.10. The van der Waals surface area contributed by atoms with Crippen LogP contribution in [-0.4, -0.2) is 9.55 Å². The van der Waals surface area contributed by atoms with E-state index in [1.165, 1.54) is 5.56 Å². The monoisotopic (exact) mass is 311 g/mol. The molecule has 22 heavy (non-hydrogen) atoms. The summed E-state index contributed by atoms with van der Waals surface area (Å²) in [4.78, 5) is 4.70.